The Kier molecular flexibility index (Phi) is 7.85. The summed E-state index contributed by atoms with van der Waals surface area (Å²) >= 11 is 0. The van der Waals surface area contributed by atoms with Crippen molar-refractivity contribution in [2.24, 2.45) is 0 Å². The number of methoxy groups -OCH3 is 1. The molecule has 0 spiro atoms. The van der Waals surface area contributed by atoms with Crippen molar-refractivity contribution in [2.75, 3.05) is 37.5 Å². The number of sulfone groups is 1. The minimum Gasteiger partial charge on any atom is -0.486 e. The van der Waals surface area contributed by atoms with Crippen molar-refractivity contribution in [2.45, 2.75) is 37.6 Å². The zero-order valence-corrected chi connectivity index (χ0v) is 21.3. The number of ether oxygens (including phenoxy) is 2. The highest BCUT2D eigenvalue weighted by molar-refractivity contribution is 7.91. The van der Waals surface area contributed by atoms with E-state index in [-0.39, 0.29) is 34.6 Å². The molecule has 2 heterocycles. The summed E-state index contributed by atoms with van der Waals surface area (Å²) in [5, 5.41) is 0. The lowest BCUT2D eigenvalue weighted by atomic mass is 10.1. The molecule has 2 aromatic carbocycles. The molecule has 1 aromatic heterocycles. The quantitative estimate of drug-likeness (QED) is 0.389. The number of benzene rings is 2. The van der Waals surface area contributed by atoms with E-state index in [0.29, 0.717) is 43.3 Å². The maximum Gasteiger partial charge on any atom is 0.178 e. The Balaban J connectivity index is 1.59. The molecule has 36 heavy (non-hydrogen) atoms. The first kappa shape index (κ1) is 26.0. The number of rotatable bonds is 9. The minimum absolute atomic E-state index is 0.00123. The third-order valence-electron chi connectivity index (χ3n) is 6.01. The first-order chi connectivity index (χ1) is 17.2. The van der Waals surface area contributed by atoms with Gasteiger partial charge in [-0.1, -0.05) is 12.1 Å². The Labute approximate surface area is 210 Å². The second-order valence-corrected chi connectivity index (χ2v) is 11.0. The van der Waals surface area contributed by atoms with Gasteiger partial charge in [0.05, 0.1) is 29.1 Å². The van der Waals surface area contributed by atoms with Gasteiger partial charge in [0.1, 0.15) is 18.1 Å². The Bertz CT molecular complexity index is 1330. The average molecular weight is 518 g/mol. The molecule has 192 valence electrons. The molecule has 0 saturated carbocycles. The summed E-state index contributed by atoms with van der Waals surface area (Å²) in [7, 11) is -1.87. The smallest absolute Gasteiger partial charge is 0.178 e. The number of nitrogens with zero attached hydrogens (tertiary/aromatic N) is 3. The molecule has 4 rings (SSSR count). The summed E-state index contributed by atoms with van der Waals surface area (Å²) in [5.41, 5.74) is 1.61. The second kappa shape index (κ2) is 10.9. The SMILES string of the molecule is COCCCS(=O)(=O)c1ccc(Cc2ncc(F)c(-c3cc(F)c4c(c3)N(C(C)C)CCO4)n2)cc1. The normalized spacial score (nSPS) is 13.6. The number of hydrogen-bond donors (Lipinski definition) is 0. The summed E-state index contributed by atoms with van der Waals surface area (Å²) in [5.74, 6) is -0.748. The maximum atomic E-state index is 14.9. The van der Waals surface area contributed by atoms with Crippen LogP contribution in [0.1, 0.15) is 31.7 Å². The fourth-order valence-electron chi connectivity index (χ4n) is 4.17. The van der Waals surface area contributed by atoms with Crippen LogP contribution in [0.3, 0.4) is 0 Å². The molecule has 0 radical (unpaired) electrons. The van der Waals surface area contributed by atoms with E-state index >= 15 is 0 Å². The largest absolute Gasteiger partial charge is 0.486 e. The van der Waals surface area contributed by atoms with Crippen LogP contribution in [-0.4, -0.2) is 57.0 Å². The monoisotopic (exact) mass is 517 g/mol. The first-order valence-electron chi connectivity index (χ1n) is 11.7. The highest BCUT2D eigenvalue weighted by Crippen LogP contribution is 2.39. The van der Waals surface area contributed by atoms with Crippen molar-refractivity contribution < 1.29 is 26.7 Å². The van der Waals surface area contributed by atoms with Crippen molar-refractivity contribution in [3.63, 3.8) is 0 Å². The lowest BCUT2D eigenvalue weighted by Crippen LogP contribution is -2.38. The molecule has 0 unspecified atom stereocenters. The second-order valence-electron chi connectivity index (χ2n) is 8.91. The van der Waals surface area contributed by atoms with Crippen LogP contribution in [-0.2, 0) is 21.0 Å². The van der Waals surface area contributed by atoms with Gasteiger partial charge in [0.15, 0.2) is 27.2 Å². The Morgan fingerprint density at radius 3 is 2.58 bits per heavy atom. The van der Waals surface area contributed by atoms with Gasteiger partial charge in [-0.15, -0.1) is 0 Å². The standard InChI is InChI=1S/C26H29F2N3O4S/c1-17(2)31-9-11-35-26-21(27)14-19(15-23(26)31)25-22(28)16-29-24(30-25)13-18-5-7-20(8-6-18)36(32,33)12-4-10-34-3/h5-8,14-17H,4,9-13H2,1-3H3. The van der Waals surface area contributed by atoms with Crippen LogP contribution in [0.4, 0.5) is 14.5 Å². The topological polar surface area (TPSA) is 81.6 Å². The summed E-state index contributed by atoms with van der Waals surface area (Å²) in [6.07, 6.45) is 1.74. The van der Waals surface area contributed by atoms with Crippen LogP contribution in [0.15, 0.2) is 47.5 Å². The average Bonchev–Trinajstić information content (AvgIpc) is 2.85. The Morgan fingerprint density at radius 2 is 1.89 bits per heavy atom. The number of aromatic nitrogens is 2. The molecule has 0 fully saturated rings. The molecule has 0 bridgehead atoms. The van der Waals surface area contributed by atoms with Gasteiger partial charge in [-0.05, 0) is 50.1 Å². The minimum atomic E-state index is -3.40. The highest BCUT2D eigenvalue weighted by atomic mass is 32.2. The summed E-state index contributed by atoms with van der Waals surface area (Å²) in [6, 6.07) is 9.48. The van der Waals surface area contributed by atoms with Crippen LogP contribution in [0, 0.1) is 11.6 Å². The van der Waals surface area contributed by atoms with E-state index in [4.69, 9.17) is 9.47 Å². The fourth-order valence-corrected chi connectivity index (χ4v) is 5.46. The van der Waals surface area contributed by atoms with Crippen LogP contribution in [0.5, 0.6) is 5.75 Å². The molecule has 7 nitrogen and oxygen atoms in total. The van der Waals surface area contributed by atoms with Gasteiger partial charge < -0.3 is 14.4 Å². The van der Waals surface area contributed by atoms with Crippen molar-refractivity contribution in [1.82, 2.24) is 9.97 Å². The van der Waals surface area contributed by atoms with Gasteiger partial charge in [-0.3, -0.25) is 0 Å². The lowest BCUT2D eigenvalue weighted by Gasteiger charge is -2.34. The van der Waals surface area contributed by atoms with E-state index in [1.165, 1.54) is 13.2 Å². The van der Waals surface area contributed by atoms with E-state index in [9.17, 15) is 17.2 Å². The van der Waals surface area contributed by atoms with E-state index in [0.717, 1.165) is 11.8 Å². The van der Waals surface area contributed by atoms with Crippen LogP contribution >= 0.6 is 0 Å². The third-order valence-corrected chi connectivity index (χ3v) is 7.83. The van der Waals surface area contributed by atoms with Gasteiger partial charge in [0.2, 0.25) is 0 Å². The van der Waals surface area contributed by atoms with Gasteiger partial charge in [0.25, 0.3) is 0 Å². The number of hydrogen-bond acceptors (Lipinski definition) is 7. The number of halogens is 2. The van der Waals surface area contributed by atoms with Crippen molar-refractivity contribution >= 4 is 15.5 Å². The van der Waals surface area contributed by atoms with Crippen molar-refractivity contribution in [3.05, 3.63) is 65.6 Å². The molecule has 1 aliphatic heterocycles. The zero-order chi connectivity index (χ0) is 25.9. The van der Waals surface area contributed by atoms with Crippen LogP contribution in [0.25, 0.3) is 11.3 Å². The molecule has 0 aliphatic carbocycles. The molecule has 1 aliphatic rings. The molecule has 3 aromatic rings. The Morgan fingerprint density at radius 1 is 1.14 bits per heavy atom. The van der Waals surface area contributed by atoms with Crippen LogP contribution < -0.4 is 9.64 Å². The van der Waals surface area contributed by atoms with Crippen LogP contribution in [0.2, 0.25) is 0 Å². The van der Waals surface area contributed by atoms with Gasteiger partial charge in [0, 0.05) is 31.7 Å². The van der Waals surface area contributed by atoms with Gasteiger partial charge >= 0.3 is 0 Å². The zero-order valence-electron chi connectivity index (χ0n) is 20.5. The predicted octanol–water partition coefficient (Wildman–Crippen LogP) is 4.43. The van der Waals surface area contributed by atoms with Gasteiger partial charge in [-0.25, -0.2) is 27.2 Å². The first-order valence-corrected chi connectivity index (χ1v) is 13.4. The lowest BCUT2D eigenvalue weighted by molar-refractivity contribution is 0.199. The molecule has 0 N–H and O–H groups in total. The predicted molar refractivity (Wildman–Crippen MR) is 133 cm³/mol. The Hall–Kier alpha value is -3.11. The van der Waals surface area contributed by atoms with E-state index in [1.54, 1.807) is 30.3 Å². The molecular weight excluding hydrogens is 488 g/mol. The molecule has 10 heteroatoms. The maximum absolute atomic E-state index is 14.9. The molecule has 0 saturated heterocycles. The third kappa shape index (κ3) is 5.65. The van der Waals surface area contributed by atoms with Gasteiger partial charge in [-0.2, -0.15) is 0 Å². The van der Waals surface area contributed by atoms with Crippen molar-refractivity contribution in [1.29, 1.82) is 0 Å². The van der Waals surface area contributed by atoms with E-state index in [1.807, 2.05) is 18.7 Å². The van der Waals surface area contributed by atoms with E-state index in [2.05, 4.69) is 9.97 Å². The number of anilines is 1. The number of fused-ring (bicyclic) bond motifs is 1. The molecule has 0 atom stereocenters. The molecule has 0 amide bonds. The molecular formula is C26H29F2N3O4S. The van der Waals surface area contributed by atoms with E-state index < -0.39 is 21.5 Å². The van der Waals surface area contributed by atoms with Crippen molar-refractivity contribution in [3.8, 4) is 17.0 Å². The summed E-state index contributed by atoms with van der Waals surface area (Å²) in [4.78, 5) is 10.7. The highest BCUT2D eigenvalue weighted by Gasteiger charge is 2.25. The summed E-state index contributed by atoms with van der Waals surface area (Å²) in [6.45, 7) is 5.35. The fraction of sp³-hybridized carbons (Fsp3) is 0.385. The summed E-state index contributed by atoms with van der Waals surface area (Å²) < 4.78 is 65.0.